The van der Waals surface area contributed by atoms with Gasteiger partial charge in [-0.2, -0.15) is 0 Å². The van der Waals surface area contributed by atoms with Crippen molar-refractivity contribution in [3.63, 3.8) is 0 Å². The number of phosphoric ester groups is 1. The van der Waals surface area contributed by atoms with E-state index in [0.29, 0.717) is 24.9 Å². The van der Waals surface area contributed by atoms with E-state index in [2.05, 4.69) is 42.6 Å². The van der Waals surface area contributed by atoms with E-state index in [1.807, 2.05) is 0 Å². The van der Waals surface area contributed by atoms with Crippen LogP contribution in [-0.4, -0.2) is 34.6 Å². The molecule has 1 saturated carbocycles. The molecule has 1 aromatic carbocycles. The molecular weight excluding hydrogens is 377 g/mol. The molecule has 0 amide bonds. The number of hydrogen-bond donors (Lipinski definition) is 3. The smallest absolute Gasteiger partial charge is 0.379 e. The predicted molar refractivity (Wildman–Crippen MR) is 111 cm³/mol. The molecule has 2 rings (SSSR count). The van der Waals surface area contributed by atoms with Crippen molar-refractivity contribution >= 4 is 7.82 Å². The average molecular weight is 413 g/mol. The van der Waals surface area contributed by atoms with Gasteiger partial charge >= 0.3 is 7.82 Å². The van der Waals surface area contributed by atoms with Crippen LogP contribution in [0.15, 0.2) is 24.3 Å². The molecule has 0 unspecified atom stereocenters. The van der Waals surface area contributed by atoms with Crippen molar-refractivity contribution in [3.05, 3.63) is 35.4 Å². The molecule has 1 fully saturated rings. The molecule has 0 aromatic heterocycles. The van der Waals surface area contributed by atoms with Gasteiger partial charge in [0.1, 0.15) is 0 Å². The second kappa shape index (κ2) is 10.9. The van der Waals surface area contributed by atoms with E-state index in [9.17, 15) is 4.57 Å². The van der Waals surface area contributed by atoms with Gasteiger partial charge in [0, 0.05) is 12.1 Å². The van der Waals surface area contributed by atoms with Crippen molar-refractivity contribution < 1.29 is 23.6 Å². The summed E-state index contributed by atoms with van der Waals surface area (Å²) in [6.07, 6.45) is 8.47. The second-order valence-corrected chi connectivity index (χ2v) is 9.63. The highest BCUT2D eigenvalue weighted by molar-refractivity contribution is 7.46. The Morgan fingerprint density at radius 1 is 1.18 bits per heavy atom. The molecule has 160 valence electrons. The average Bonchev–Trinajstić information content (AvgIpc) is 3.02. The Labute approximate surface area is 169 Å². The van der Waals surface area contributed by atoms with Gasteiger partial charge in [-0.25, -0.2) is 4.57 Å². The number of aryl methyl sites for hydroxylation is 1. The molecule has 1 aliphatic rings. The lowest BCUT2D eigenvalue weighted by atomic mass is 9.92. The zero-order valence-corrected chi connectivity index (χ0v) is 18.1. The fourth-order valence-electron chi connectivity index (χ4n) is 3.85. The van der Waals surface area contributed by atoms with Crippen LogP contribution in [0.2, 0.25) is 0 Å². The van der Waals surface area contributed by atoms with Crippen LogP contribution in [0.3, 0.4) is 0 Å². The lowest BCUT2D eigenvalue weighted by Gasteiger charge is -2.24. The first-order chi connectivity index (χ1) is 13.2. The molecule has 0 spiro atoms. The van der Waals surface area contributed by atoms with E-state index < -0.39 is 13.4 Å². The molecule has 0 saturated heterocycles. The maximum absolute atomic E-state index is 10.9. The number of benzene rings is 1. The third-order valence-electron chi connectivity index (χ3n) is 5.43. The van der Waals surface area contributed by atoms with Crippen molar-refractivity contribution in [1.29, 1.82) is 0 Å². The zero-order valence-electron chi connectivity index (χ0n) is 17.2. The molecular formula is C21H36NO5P. The van der Waals surface area contributed by atoms with E-state index >= 15 is 0 Å². The van der Waals surface area contributed by atoms with Gasteiger partial charge in [0.2, 0.25) is 0 Å². The minimum absolute atomic E-state index is 0.103. The first-order valence-corrected chi connectivity index (χ1v) is 11.9. The SMILES string of the molecule is CC(C)OCCCCCCc1ccc([C@H]2CC[C@](N)(COP(=O)(O)O)C2)cc1. The van der Waals surface area contributed by atoms with Crippen molar-refractivity contribution in [2.24, 2.45) is 5.73 Å². The maximum atomic E-state index is 10.9. The fraction of sp³-hybridized carbons (Fsp3) is 0.714. The second-order valence-electron chi connectivity index (χ2n) is 8.39. The highest BCUT2D eigenvalue weighted by Crippen LogP contribution is 2.43. The third kappa shape index (κ3) is 8.73. The van der Waals surface area contributed by atoms with Gasteiger partial charge in [0.25, 0.3) is 0 Å². The van der Waals surface area contributed by atoms with Crippen LogP contribution in [0.5, 0.6) is 0 Å². The number of phosphoric acid groups is 1. The quantitative estimate of drug-likeness (QED) is 0.349. The van der Waals surface area contributed by atoms with Gasteiger partial charge in [-0.3, -0.25) is 4.52 Å². The first-order valence-electron chi connectivity index (χ1n) is 10.4. The standard InChI is InChI=1S/C21H36NO5P/c1-17(2)26-14-6-4-3-5-7-18-8-10-19(11-9-18)20-12-13-21(22,15-20)16-27-28(23,24)25/h8-11,17,20H,3-7,12-16,22H2,1-2H3,(H2,23,24,25)/t20-,21+/m0/s1. The minimum atomic E-state index is -4.47. The van der Waals surface area contributed by atoms with Crippen LogP contribution in [0.4, 0.5) is 0 Å². The van der Waals surface area contributed by atoms with E-state index in [0.717, 1.165) is 25.9 Å². The topological polar surface area (TPSA) is 102 Å². The molecule has 1 aliphatic carbocycles. The van der Waals surface area contributed by atoms with Gasteiger partial charge in [-0.15, -0.1) is 0 Å². The van der Waals surface area contributed by atoms with E-state index in [-0.39, 0.29) is 6.61 Å². The summed E-state index contributed by atoms with van der Waals surface area (Å²) in [4.78, 5) is 17.8. The van der Waals surface area contributed by atoms with Crippen LogP contribution in [0.1, 0.15) is 75.8 Å². The summed E-state index contributed by atoms with van der Waals surface area (Å²) in [5, 5.41) is 0. The Morgan fingerprint density at radius 2 is 1.86 bits per heavy atom. The Morgan fingerprint density at radius 3 is 2.50 bits per heavy atom. The van der Waals surface area contributed by atoms with Crippen LogP contribution < -0.4 is 5.73 Å². The third-order valence-corrected chi connectivity index (χ3v) is 5.89. The molecule has 0 aliphatic heterocycles. The van der Waals surface area contributed by atoms with Crippen molar-refractivity contribution in [3.8, 4) is 0 Å². The number of ether oxygens (including phenoxy) is 1. The van der Waals surface area contributed by atoms with Crippen LogP contribution in [0, 0.1) is 0 Å². The van der Waals surface area contributed by atoms with Crippen molar-refractivity contribution in [2.75, 3.05) is 13.2 Å². The number of rotatable bonds is 12. The lowest BCUT2D eigenvalue weighted by molar-refractivity contribution is 0.0757. The fourth-order valence-corrected chi connectivity index (χ4v) is 4.27. The Balaban J connectivity index is 1.70. The molecule has 4 N–H and O–H groups in total. The maximum Gasteiger partial charge on any atom is 0.469 e. The van der Waals surface area contributed by atoms with Crippen molar-refractivity contribution in [2.45, 2.75) is 82.8 Å². The number of hydrogen-bond acceptors (Lipinski definition) is 4. The van der Waals surface area contributed by atoms with E-state index in [1.165, 1.54) is 30.4 Å². The minimum Gasteiger partial charge on any atom is -0.379 e. The summed E-state index contributed by atoms with van der Waals surface area (Å²) >= 11 is 0. The van der Waals surface area contributed by atoms with E-state index in [4.69, 9.17) is 20.3 Å². The van der Waals surface area contributed by atoms with Gasteiger partial charge in [-0.05, 0) is 69.4 Å². The highest BCUT2D eigenvalue weighted by Gasteiger charge is 2.38. The van der Waals surface area contributed by atoms with Crippen molar-refractivity contribution in [1.82, 2.24) is 0 Å². The van der Waals surface area contributed by atoms with Gasteiger partial charge < -0.3 is 20.3 Å². The predicted octanol–water partition coefficient (Wildman–Crippen LogP) is 4.29. The normalized spacial score (nSPS) is 22.9. The molecule has 0 radical (unpaired) electrons. The first kappa shape index (κ1) is 23.5. The van der Waals surface area contributed by atoms with Crippen LogP contribution in [0.25, 0.3) is 0 Å². The van der Waals surface area contributed by atoms with E-state index in [1.54, 1.807) is 0 Å². The zero-order chi connectivity index (χ0) is 20.6. The number of nitrogens with two attached hydrogens (primary N) is 1. The summed E-state index contributed by atoms with van der Waals surface area (Å²) in [5.41, 5.74) is 8.22. The van der Waals surface area contributed by atoms with Gasteiger partial charge in [-0.1, -0.05) is 37.1 Å². The lowest BCUT2D eigenvalue weighted by Crippen LogP contribution is -2.41. The summed E-state index contributed by atoms with van der Waals surface area (Å²) in [7, 11) is -4.47. The Hall–Kier alpha value is -0.750. The molecule has 6 nitrogen and oxygen atoms in total. The van der Waals surface area contributed by atoms with Gasteiger partial charge in [0.15, 0.2) is 0 Å². The van der Waals surface area contributed by atoms with Crippen LogP contribution >= 0.6 is 7.82 Å². The highest BCUT2D eigenvalue weighted by atomic mass is 31.2. The molecule has 2 atom stereocenters. The largest absolute Gasteiger partial charge is 0.469 e. The molecule has 28 heavy (non-hydrogen) atoms. The van der Waals surface area contributed by atoms with Crippen LogP contribution in [-0.2, 0) is 20.2 Å². The monoisotopic (exact) mass is 413 g/mol. The molecule has 1 aromatic rings. The molecule has 0 heterocycles. The molecule has 0 bridgehead atoms. The summed E-state index contributed by atoms with van der Waals surface area (Å²) in [6.45, 7) is 4.89. The Bertz CT molecular complexity index is 630. The summed E-state index contributed by atoms with van der Waals surface area (Å²) in [5.74, 6) is 0.320. The Kier molecular flexibility index (Phi) is 9.13. The summed E-state index contributed by atoms with van der Waals surface area (Å²) in [6, 6.07) is 8.73. The van der Waals surface area contributed by atoms with Gasteiger partial charge in [0.05, 0.1) is 12.7 Å². The number of unbranched alkanes of at least 4 members (excludes halogenated alkanes) is 3. The summed E-state index contributed by atoms with van der Waals surface area (Å²) < 4.78 is 21.1. The molecule has 7 heteroatoms.